The first-order valence-corrected chi connectivity index (χ1v) is 6.81. The maximum atomic E-state index is 12.0. The van der Waals surface area contributed by atoms with Crippen molar-refractivity contribution in [1.82, 2.24) is 9.97 Å². The number of aromatic nitrogens is 2. The molecule has 0 aliphatic carbocycles. The maximum absolute atomic E-state index is 12.0. The Morgan fingerprint density at radius 3 is 2.74 bits per heavy atom. The van der Waals surface area contributed by atoms with Crippen LogP contribution in [0.3, 0.4) is 0 Å². The molecule has 19 heavy (non-hydrogen) atoms. The lowest BCUT2D eigenvalue weighted by Crippen LogP contribution is -2.16. The van der Waals surface area contributed by atoms with Crippen LogP contribution in [0, 0.1) is 0 Å². The largest absolute Gasteiger partial charge is 0.322 e. The van der Waals surface area contributed by atoms with Crippen molar-refractivity contribution in [3.05, 3.63) is 52.6 Å². The van der Waals surface area contributed by atoms with Crippen molar-refractivity contribution < 1.29 is 0 Å². The van der Waals surface area contributed by atoms with Crippen LogP contribution in [-0.2, 0) is 0 Å². The van der Waals surface area contributed by atoms with Gasteiger partial charge in [0, 0.05) is 4.88 Å². The van der Waals surface area contributed by atoms with E-state index in [-0.39, 0.29) is 11.6 Å². The van der Waals surface area contributed by atoms with Crippen LogP contribution < -0.4 is 11.3 Å². The van der Waals surface area contributed by atoms with E-state index in [0.717, 1.165) is 15.3 Å². The second kappa shape index (κ2) is 4.60. The molecule has 96 valence electrons. The molecule has 0 spiro atoms. The summed E-state index contributed by atoms with van der Waals surface area (Å²) >= 11 is 1.51. The molecule has 1 aromatic carbocycles. The van der Waals surface area contributed by atoms with Gasteiger partial charge in [0.05, 0.1) is 11.4 Å². The molecule has 0 aliphatic rings. The smallest absolute Gasteiger partial charge is 0.259 e. The molecular formula is C14H13N3OS. The molecule has 3 rings (SSSR count). The molecule has 0 aliphatic heterocycles. The molecule has 1 atom stereocenters. The van der Waals surface area contributed by atoms with Crippen molar-refractivity contribution in [2.75, 3.05) is 0 Å². The number of H-pyrrole nitrogens is 1. The number of benzene rings is 1. The minimum atomic E-state index is -0.278. The van der Waals surface area contributed by atoms with Crippen LogP contribution in [0.4, 0.5) is 0 Å². The van der Waals surface area contributed by atoms with Gasteiger partial charge in [-0.3, -0.25) is 4.79 Å². The third kappa shape index (κ3) is 2.18. The van der Waals surface area contributed by atoms with Crippen LogP contribution in [0.1, 0.15) is 18.8 Å². The van der Waals surface area contributed by atoms with E-state index in [2.05, 4.69) is 9.97 Å². The zero-order valence-corrected chi connectivity index (χ0v) is 11.2. The van der Waals surface area contributed by atoms with Crippen LogP contribution >= 0.6 is 11.3 Å². The quantitative estimate of drug-likeness (QED) is 0.752. The highest BCUT2D eigenvalue weighted by Gasteiger charge is 2.11. The van der Waals surface area contributed by atoms with Gasteiger partial charge in [-0.2, -0.15) is 0 Å². The Morgan fingerprint density at radius 1 is 1.32 bits per heavy atom. The summed E-state index contributed by atoms with van der Waals surface area (Å²) in [5, 5.41) is 0.619. The summed E-state index contributed by atoms with van der Waals surface area (Å²) in [6, 6.07) is 11.6. The molecule has 0 amide bonds. The third-order valence-corrected chi connectivity index (χ3v) is 3.99. The average Bonchev–Trinajstić information content (AvgIpc) is 2.84. The minimum absolute atomic E-state index is 0.129. The topological polar surface area (TPSA) is 71.8 Å². The first-order chi connectivity index (χ1) is 9.15. The van der Waals surface area contributed by atoms with Crippen molar-refractivity contribution in [3.8, 4) is 10.4 Å². The second-order valence-corrected chi connectivity index (χ2v) is 5.47. The van der Waals surface area contributed by atoms with E-state index in [4.69, 9.17) is 5.73 Å². The first kappa shape index (κ1) is 12.1. The van der Waals surface area contributed by atoms with Crippen molar-refractivity contribution in [2.24, 2.45) is 5.73 Å². The number of hydrogen-bond donors (Lipinski definition) is 2. The zero-order chi connectivity index (χ0) is 13.4. The molecule has 0 fully saturated rings. The predicted octanol–water partition coefficient (Wildman–Crippen LogP) is 2.67. The minimum Gasteiger partial charge on any atom is -0.322 e. The second-order valence-electron chi connectivity index (χ2n) is 4.44. The highest BCUT2D eigenvalue weighted by Crippen LogP contribution is 2.30. The molecule has 0 saturated carbocycles. The molecule has 4 nitrogen and oxygen atoms in total. The van der Waals surface area contributed by atoms with E-state index in [1.165, 1.54) is 11.3 Å². The predicted molar refractivity (Wildman–Crippen MR) is 78.3 cm³/mol. The Hall–Kier alpha value is -1.98. The first-order valence-electron chi connectivity index (χ1n) is 6.00. The molecule has 0 radical (unpaired) electrons. The Morgan fingerprint density at radius 2 is 2.05 bits per heavy atom. The van der Waals surface area contributed by atoms with Gasteiger partial charge in [0.2, 0.25) is 0 Å². The fraction of sp³-hybridized carbons (Fsp3) is 0.143. The monoisotopic (exact) mass is 271 g/mol. The summed E-state index contributed by atoms with van der Waals surface area (Å²) < 4.78 is 0. The van der Waals surface area contributed by atoms with Crippen LogP contribution in [0.15, 0.2) is 41.2 Å². The highest BCUT2D eigenvalue weighted by molar-refractivity contribution is 7.21. The normalized spacial score (nSPS) is 12.7. The Bertz CT molecular complexity index is 774. The zero-order valence-electron chi connectivity index (χ0n) is 10.4. The Labute approximate surface area is 113 Å². The van der Waals surface area contributed by atoms with Gasteiger partial charge in [-0.1, -0.05) is 30.3 Å². The van der Waals surface area contributed by atoms with Crippen molar-refractivity contribution in [2.45, 2.75) is 13.0 Å². The van der Waals surface area contributed by atoms with Gasteiger partial charge < -0.3 is 10.7 Å². The summed E-state index contributed by atoms with van der Waals surface area (Å²) in [4.78, 5) is 20.9. The van der Waals surface area contributed by atoms with Gasteiger partial charge in [0.1, 0.15) is 10.7 Å². The Balaban J connectivity index is 2.21. The number of fused-ring (bicyclic) bond motifs is 1. The van der Waals surface area contributed by atoms with Gasteiger partial charge in [0.15, 0.2) is 0 Å². The standard InChI is InChI=1S/C14H13N3OS/c1-8(15)12-16-13(18)10-7-11(19-14(10)17-12)9-5-3-2-4-6-9/h2-8H,15H2,1H3,(H,16,17,18). The van der Waals surface area contributed by atoms with Gasteiger partial charge in [0.25, 0.3) is 5.56 Å². The van der Waals surface area contributed by atoms with Crippen molar-refractivity contribution >= 4 is 21.6 Å². The lowest BCUT2D eigenvalue weighted by atomic mass is 10.2. The fourth-order valence-electron chi connectivity index (χ4n) is 1.91. The number of aromatic amines is 1. The number of hydrogen-bond acceptors (Lipinski definition) is 4. The van der Waals surface area contributed by atoms with Gasteiger partial charge in [-0.25, -0.2) is 4.98 Å². The summed E-state index contributed by atoms with van der Waals surface area (Å²) in [6.07, 6.45) is 0. The molecule has 0 bridgehead atoms. The van der Waals surface area contributed by atoms with E-state index in [0.29, 0.717) is 11.2 Å². The summed E-state index contributed by atoms with van der Waals surface area (Å²) in [7, 11) is 0. The van der Waals surface area contributed by atoms with Crippen molar-refractivity contribution in [3.63, 3.8) is 0 Å². The maximum Gasteiger partial charge on any atom is 0.259 e. The van der Waals surface area contributed by atoms with Crippen LogP contribution in [0.5, 0.6) is 0 Å². The van der Waals surface area contributed by atoms with E-state index in [1.54, 1.807) is 6.92 Å². The average molecular weight is 271 g/mol. The number of thiophene rings is 1. The molecule has 3 N–H and O–H groups in total. The van der Waals surface area contributed by atoms with E-state index >= 15 is 0 Å². The molecule has 1 unspecified atom stereocenters. The number of nitrogens with one attached hydrogen (secondary N) is 1. The summed E-state index contributed by atoms with van der Waals surface area (Å²) in [6.45, 7) is 1.80. The van der Waals surface area contributed by atoms with Gasteiger partial charge >= 0.3 is 0 Å². The van der Waals surface area contributed by atoms with Gasteiger partial charge in [-0.05, 0) is 18.6 Å². The SMILES string of the molecule is CC(N)c1nc2sc(-c3ccccc3)cc2c(=O)[nH]1. The molecule has 3 aromatic rings. The molecule has 0 saturated heterocycles. The summed E-state index contributed by atoms with van der Waals surface area (Å²) in [5.74, 6) is 0.527. The number of rotatable bonds is 2. The van der Waals surface area contributed by atoms with Crippen LogP contribution in [0.2, 0.25) is 0 Å². The highest BCUT2D eigenvalue weighted by atomic mass is 32.1. The van der Waals surface area contributed by atoms with E-state index in [9.17, 15) is 4.79 Å². The van der Waals surface area contributed by atoms with Crippen molar-refractivity contribution in [1.29, 1.82) is 0 Å². The molecule has 5 heteroatoms. The Kier molecular flexibility index (Phi) is 2.93. The summed E-state index contributed by atoms with van der Waals surface area (Å²) in [5.41, 5.74) is 6.72. The fourth-order valence-corrected chi connectivity index (χ4v) is 2.95. The van der Waals surface area contributed by atoms with Crippen LogP contribution in [-0.4, -0.2) is 9.97 Å². The third-order valence-electron chi connectivity index (χ3n) is 2.91. The molecular weight excluding hydrogens is 258 g/mol. The van der Waals surface area contributed by atoms with Gasteiger partial charge in [-0.15, -0.1) is 11.3 Å². The lowest BCUT2D eigenvalue weighted by molar-refractivity contribution is 0.742. The van der Waals surface area contributed by atoms with Crippen LogP contribution in [0.25, 0.3) is 20.7 Å². The van der Waals surface area contributed by atoms with E-state index in [1.807, 2.05) is 36.4 Å². The molecule has 2 aromatic heterocycles. The number of nitrogens with two attached hydrogens (primary N) is 1. The van der Waals surface area contributed by atoms with E-state index < -0.39 is 0 Å². The molecule has 2 heterocycles. The lowest BCUT2D eigenvalue weighted by Gasteiger charge is -2.02. The number of nitrogens with zero attached hydrogens (tertiary/aromatic N) is 1.